The number of nitrogens with zero attached hydrogens (tertiary/aromatic N) is 8. The Morgan fingerprint density at radius 2 is 1.71 bits per heavy atom. The van der Waals surface area contributed by atoms with E-state index in [-0.39, 0.29) is 0 Å². The zero-order chi connectivity index (χ0) is 16.5. The molecule has 24 heavy (non-hydrogen) atoms. The largest absolute Gasteiger partial charge is 0.361 e. The molecule has 4 heterocycles. The van der Waals surface area contributed by atoms with E-state index in [9.17, 15) is 0 Å². The monoisotopic (exact) mass is 324 g/mol. The van der Waals surface area contributed by atoms with Crippen LogP contribution < -0.4 is 14.7 Å². The third-order valence-electron chi connectivity index (χ3n) is 4.30. The van der Waals surface area contributed by atoms with Crippen molar-refractivity contribution in [1.82, 2.24) is 24.8 Å². The third-order valence-corrected chi connectivity index (χ3v) is 4.30. The molecule has 0 unspecified atom stereocenters. The summed E-state index contributed by atoms with van der Waals surface area (Å²) in [5.41, 5.74) is 1.04. The van der Waals surface area contributed by atoms with Gasteiger partial charge in [0.1, 0.15) is 5.52 Å². The van der Waals surface area contributed by atoms with Gasteiger partial charge < -0.3 is 14.7 Å². The minimum absolute atomic E-state index is 0.869. The van der Waals surface area contributed by atoms with Gasteiger partial charge in [-0.25, -0.2) is 9.50 Å². The molecule has 1 aliphatic heterocycles. The van der Waals surface area contributed by atoms with Crippen LogP contribution in [-0.2, 0) is 0 Å². The SMILES string of the molecule is CN(C)c1ccc(N2CCN(c3nccn4nccc34)CC2)nn1. The molecule has 0 spiro atoms. The first-order valence-corrected chi connectivity index (χ1v) is 8.02. The number of anilines is 3. The van der Waals surface area contributed by atoms with Gasteiger partial charge in [-0.2, -0.15) is 5.10 Å². The molecule has 1 fully saturated rings. The van der Waals surface area contributed by atoms with Gasteiger partial charge in [0.25, 0.3) is 0 Å². The van der Waals surface area contributed by atoms with Crippen molar-refractivity contribution >= 4 is 23.0 Å². The lowest BCUT2D eigenvalue weighted by molar-refractivity contribution is 0.638. The maximum absolute atomic E-state index is 4.54. The van der Waals surface area contributed by atoms with Crippen LogP contribution in [0.3, 0.4) is 0 Å². The normalized spacial score (nSPS) is 15.1. The van der Waals surface area contributed by atoms with Crippen molar-refractivity contribution in [2.24, 2.45) is 0 Å². The predicted octanol–water partition coefficient (Wildman–Crippen LogP) is 0.912. The zero-order valence-corrected chi connectivity index (χ0v) is 13.9. The quantitative estimate of drug-likeness (QED) is 0.709. The van der Waals surface area contributed by atoms with Crippen molar-refractivity contribution in [2.75, 3.05) is 55.0 Å². The van der Waals surface area contributed by atoms with E-state index in [2.05, 4.69) is 30.1 Å². The Kier molecular flexibility index (Phi) is 3.64. The van der Waals surface area contributed by atoms with Gasteiger partial charge >= 0.3 is 0 Å². The average molecular weight is 324 g/mol. The van der Waals surface area contributed by atoms with Gasteiger partial charge in [0.15, 0.2) is 17.5 Å². The van der Waals surface area contributed by atoms with Crippen LogP contribution in [0.1, 0.15) is 0 Å². The molecule has 0 N–H and O–H groups in total. The highest BCUT2D eigenvalue weighted by Gasteiger charge is 2.21. The lowest BCUT2D eigenvalue weighted by Gasteiger charge is -2.36. The molecule has 0 saturated carbocycles. The Bertz CT molecular complexity index is 817. The minimum atomic E-state index is 0.869. The van der Waals surface area contributed by atoms with Crippen molar-refractivity contribution < 1.29 is 0 Å². The third kappa shape index (κ3) is 2.60. The van der Waals surface area contributed by atoms with Crippen molar-refractivity contribution in [2.45, 2.75) is 0 Å². The van der Waals surface area contributed by atoms with E-state index in [1.165, 1.54) is 0 Å². The van der Waals surface area contributed by atoms with Crippen LogP contribution in [0.2, 0.25) is 0 Å². The Hall–Kier alpha value is -2.90. The molecule has 1 saturated heterocycles. The highest BCUT2D eigenvalue weighted by Crippen LogP contribution is 2.21. The summed E-state index contributed by atoms with van der Waals surface area (Å²) in [6.45, 7) is 3.59. The minimum Gasteiger partial charge on any atom is -0.361 e. The van der Waals surface area contributed by atoms with E-state index in [0.29, 0.717) is 0 Å². The maximum atomic E-state index is 4.54. The Balaban J connectivity index is 1.47. The van der Waals surface area contributed by atoms with Crippen LogP contribution in [0.5, 0.6) is 0 Å². The molecule has 0 aromatic carbocycles. The van der Waals surface area contributed by atoms with Crippen molar-refractivity contribution in [3.8, 4) is 0 Å². The van der Waals surface area contributed by atoms with Crippen LogP contribution in [0, 0.1) is 0 Å². The summed E-state index contributed by atoms with van der Waals surface area (Å²) in [4.78, 5) is 11.1. The first-order valence-electron chi connectivity index (χ1n) is 8.02. The zero-order valence-electron chi connectivity index (χ0n) is 13.9. The molecule has 0 bridgehead atoms. The summed E-state index contributed by atoms with van der Waals surface area (Å²) in [6.07, 6.45) is 5.47. The lowest BCUT2D eigenvalue weighted by Crippen LogP contribution is -2.47. The van der Waals surface area contributed by atoms with Gasteiger partial charge in [-0.1, -0.05) is 0 Å². The summed E-state index contributed by atoms with van der Waals surface area (Å²) < 4.78 is 1.86. The number of hydrogen-bond acceptors (Lipinski definition) is 7. The number of aromatic nitrogens is 5. The highest BCUT2D eigenvalue weighted by atomic mass is 15.4. The number of piperazine rings is 1. The second kappa shape index (κ2) is 5.95. The Morgan fingerprint density at radius 3 is 2.42 bits per heavy atom. The first kappa shape index (κ1) is 14.7. The number of fused-ring (bicyclic) bond motifs is 1. The Labute approximate surface area is 140 Å². The average Bonchev–Trinajstić information content (AvgIpc) is 3.11. The Morgan fingerprint density at radius 1 is 0.917 bits per heavy atom. The molecule has 0 atom stereocenters. The molecule has 0 radical (unpaired) electrons. The van der Waals surface area contributed by atoms with E-state index < -0.39 is 0 Å². The van der Waals surface area contributed by atoms with E-state index in [1.807, 2.05) is 47.9 Å². The fourth-order valence-corrected chi connectivity index (χ4v) is 2.96. The van der Waals surface area contributed by atoms with E-state index in [4.69, 9.17) is 0 Å². The first-order chi connectivity index (χ1) is 11.7. The fourth-order valence-electron chi connectivity index (χ4n) is 2.96. The fraction of sp³-hybridized carbons (Fsp3) is 0.375. The molecule has 3 aromatic heterocycles. The summed E-state index contributed by atoms with van der Waals surface area (Å²) in [7, 11) is 3.93. The second-order valence-electron chi connectivity index (χ2n) is 6.03. The maximum Gasteiger partial charge on any atom is 0.154 e. The molecular weight excluding hydrogens is 304 g/mol. The molecule has 0 amide bonds. The van der Waals surface area contributed by atoms with E-state index >= 15 is 0 Å². The van der Waals surface area contributed by atoms with E-state index in [0.717, 1.165) is 49.1 Å². The lowest BCUT2D eigenvalue weighted by atomic mass is 10.3. The van der Waals surface area contributed by atoms with Crippen molar-refractivity contribution in [3.05, 3.63) is 36.8 Å². The molecule has 8 heteroatoms. The van der Waals surface area contributed by atoms with Crippen LogP contribution in [0.25, 0.3) is 5.52 Å². The summed E-state index contributed by atoms with van der Waals surface area (Å²) in [5, 5.41) is 12.9. The van der Waals surface area contributed by atoms with E-state index in [1.54, 1.807) is 12.4 Å². The van der Waals surface area contributed by atoms with Crippen molar-refractivity contribution in [1.29, 1.82) is 0 Å². The standard InChI is InChI=1S/C16H20N8/c1-21(2)14-3-4-15(20-19-14)22-9-11-23(12-10-22)16-13-5-6-18-24(13)8-7-17-16/h3-8H,9-12H2,1-2H3. The van der Waals surface area contributed by atoms with Crippen LogP contribution in [0.15, 0.2) is 36.8 Å². The predicted molar refractivity (Wildman–Crippen MR) is 93.8 cm³/mol. The summed E-state index contributed by atoms with van der Waals surface area (Å²) in [6, 6.07) is 6.04. The molecule has 3 aromatic rings. The highest BCUT2D eigenvalue weighted by molar-refractivity contribution is 5.68. The molecule has 4 rings (SSSR count). The summed E-state index contributed by atoms with van der Waals surface area (Å²) in [5.74, 6) is 2.79. The topological polar surface area (TPSA) is 65.7 Å². The van der Waals surface area contributed by atoms with Gasteiger partial charge in [0, 0.05) is 52.7 Å². The van der Waals surface area contributed by atoms with Gasteiger partial charge in [-0.3, -0.25) is 0 Å². The number of hydrogen-bond donors (Lipinski definition) is 0. The molecule has 1 aliphatic rings. The smallest absolute Gasteiger partial charge is 0.154 e. The van der Waals surface area contributed by atoms with Gasteiger partial charge in [0.2, 0.25) is 0 Å². The molecule has 0 aliphatic carbocycles. The molecule has 8 nitrogen and oxygen atoms in total. The van der Waals surface area contributed by atoms with Crippen LogP contribution in [-0.4, -0.2) is 65.1 Å². The van der Waals surface area contributed by atoms with Crippen LogP contribution >= 0.6 is 0 Å². The summed E-state index contributed by atoms with van der Waals surface area (Å²) >= 11 is 0. The van der Waals surface area contributed by atoms with Crippen molar-refractivity contribution in [3.63, 3.8) is 0 Å². The van der Waals surface area contributed by atoms with Crippen LogP contribution in [0.4, 0.5) is 17.5 Å². The van der Waals surface area contributed by atoms with Gasteiger partial charge in [0.05, 0.1) is 6.20 Å². The molecular formula is C16H20N8. The van der Waals surface area contributed by atoms with Gasteiger partial charge in [-0.15, -0.1) is 10.2 Å². The van der Waals surface area contributed by atoms with Gasteiger partial charge in [-0.05, 0) is 18.2 Å². The molecule has 124 valence electrons. The number of rotatable bonds is 3. The second-order valence-corrected chi connectivity index (χ2v) is 6.03.